The third kappa shape index (κ3) is 6.21. The Labute approximate surface area is 203 Å². The average molecular weight is 480 g/mol. The van der Waals surface area contributed by atoms with Crippen molar-refractivity contribution in [2.75, 3.05) is 43.6 Å². The van der Waals surface area contributed by atoms with Gasteiger partial charge in [-0.25, -0.2) is 14.4 Å². The number of halogens is 1. The first kappa shape index (κ1) is 24.3. The van der Waals surface area contributed by atoms with E-state index >= 15 is 0 Å². The molecule has 4 rings (SSSR count). The first-order chi connectivity index (χ1) is 17.2. The van der Waals surface area contributed by atoms with Gasteiger partial charge in [0.15, 0.2) is 11.6 Å². The van der Waals surface area contributed by atoms with Gasteiger partial charge in [0.2, 0.25) is 0 Å². The van der Waals surface area contributed by atoms with Crippen LogP contribution in [-0.4, -0.2) is 57.9 Å². The number of nitrogens with zero attached hydrogens (tertiary/aromatic N) is 6. The van der Waals surface area contributed by atoms with Crippen molar-refractivity contribution in [1.29, 1.82) is 0 Å². The molecule has 0 unspecified atom stereocenters. The lowest BCUT2D eigenvalue weighted by Gasteiger charge is -2.22. The molecule has 1 saturated heterocycles. The van der Waals surface area contributed by atoms with Gasteiger partial charge in [-0.1, -0.05) is 36.0 Å². The molecule has 0 radical (unpaired) electrons. The number of hydrogen-bond acceptors (Lipinski definition) is 8. The minimum atomic E-state index is -0.495. The highest BCUT2D eigenvalue weighted by Crippen LogP contribution is 2.27. The summed E-state index contributed by atoms with van der Waals surface area (Å²) in [6.07, 6.45) is 12.5. The fraction of sp³-hybridized carbons (Fsp3) is 0.360. The van der Waals surface area contributed by atoms with E-state index in [9.17, 15) is 4.39 Å². The van der Waals surface area contributed by atoms with Gasteiger partial charge in [0.05, 0.1) is 24.2 Å². The van der Waals surface area contributed by atoms with Crippen LogP contribution in [0.15, 0.2) is 65.6 Å². The second kappa shape index (κ2) is 12.1. The molecule has 0 amide bonds. The number of hydrogen-bond donors (Lipinski definition) is 1. The Morgan fingerprint density at radius 2 is 2.14 bits per heavy atom. The van der Waals surface area contributed by atoms with Crippen LogP contribution in [0.5, 0.6) is 0 Å². The zero-order valence-corrected chi connectivity index (χ0v) is 19.6. The van der Waals surface area contributed by atoms with Gasteiger partial charge in [-0.05, 0) is 30.9 Å². The normalized spacial score (nSPS) is 15.0. The van der Waals surface area contributed by atoms with Crippen LogP contribution in [0, 0.1) is 0 Å². The molecule has 184 valence electrons. The van der Waals surface area contributed by atoms with Crippen LogP contribution in [0.4, 0.5) is 15.9 Å². The van der Waals surface area contributed by atoms with Gasteiger partial charge in [0, 0.05) is 32.3 Å². The van der Waals surface area contributed by atoms with Crippen molar-refractivity contribution in [3.63, 3.8) is 0 Å². The third-order valence-corrected chi connectivity index (χ3v) is 5.69. The van der Waals surface area contributed by atoms with Crippen LogP contribution in [0.25, 0.3) is 22.9 Å². The number of alkyl halides is 1. The van der Waals surface area contributed by atoms with Crippen molar-refractivity contribution in [3.8, 4) is 22.9 Å². The Morgan fingerprint density at radius 3 is 2.91 bits per heavy atom. The second-order valence-electron chi connectivity index (χ2n) is 8.12. The lowest BCUT2D eigenvalue weighted by atomic mass is 10.1. The summed E-state index contributed by atoms with van der Waals surface area (Å²) in [4.78, 5) is 11.2. The largest absolute Gasteiger partial charge is 0.382 e. The number of rotatable bonds is 10. The van der Waals surface area contributed by atoms with Gasteiger partial charge < -0.3 is 19.9 Å². The van der Waals surface area contributed by atoms with Crippen molar-refractivity contribution in [3.05, 3.63) is 61.0 Å². The molecule has 3 aromatic rings. The van der Waals surface area contributed by atoms with Crippen molar-refractivity contribution in [2.45, 2.75) is 25.8 Å². The minimum Gasteiger partial charge on any atom is -0.382 e. The van der Waals surface area contributed by atoms with Crippen LogP contribution in [0.1, 0.15) is 19.3 Å². The molecule has 9 nitrogen and oxygen atoms in total. The van der Waals surface area contributed by atoms with E-state index in [1.165, 1.54) is 6.26 Å². The smallest absolute Gasteiger partial charge is 0.182 e. The van der Waals surface area contributed by atoms with Gasteiger partial charge in [0.25, 0.3) is 0 Å². The molecule has 0 spiro atoms. The maximum atomic E-state index is 13.4. The van der Waals surface area contributed by atoms with Crippen molar-refractivity contribution < 1.29 is 13.7 Å². The quantitative estimate of drug-likeness (QED) is 0.431. The van der Waals surface area contributed by atoms with E-state index in [-0.39, 0.29) is 0 Å². The second-order valence-corrected chi connectivity index (χ2v) is 8.12. The highest BCUT2D eigenvalue weighted by molar-refractivity contribution is 5.68. The molecule has 1 aliphatic rings. The molecule has 0 saturated carbocycles. The molecule has 10 heteroatoms. The van der Waals surface area contributed by atoms with Gasteiger partial charge >= 0.3 is 0 Å². The SMILES string of the molecule is C=C/C=C\C=C(/CF)CCCn1nc(-c2ncc(N3CCCOCC3)c(N)n2)cc1-c1ccon1. The average Bonchev–Trinajstić information content (AvgIpc) is 3.47. The summed E-state index contributed by atoms with van der Waals surface area (Å²) in [5.74, 6) is 0.833. The topological polar surface area (TPSA) is 108 Å². The van der Waals surface area contributed by atoms with Gasteiger partial charge in [-0.15, -0.1) is 0 Å². The third-order valence-electron chi connectivity index (χ3n) is 5.69. The lowest BCUT2D eigenvalue weighted by molar-refractivity contribution is 0.152. The number of nitrogens with two attached hydrogens (primary N) is 1. The van der Waals surface area contributed by atoms with Crippen LogP contribution < -0.4 is 10.6 Å². The predicted octanol–water partition coefficient (Wildman–Crippen LogP) is 4.22. The Balaban J connectivity index is 1.54. The van der Waals surface area contributed by atoms with Gasteiger partial charge in [-0.3, -0.25) is 4.68 Å². The monoisotopic (exact) mass is 479 g/mol. The zero-order valence-electron chi connectivity index (χ0n) is 19.6. The molecule has 0 aliphatic carbocycles. The summed E-state index contributed by atoms with van der Waals surface area (Å²) in [7, 11) is 0. The van der Waals surface area contributed by atoms with Gasteiger partial charge in [-0.2, -0.15) is 5.10 Å². The predicted molar refractivity (Wildman–Crippen MR) is 133 cm³/mol. The van der Waals surface area contributed by atoms with E-state index < -0.39 is 6.67 Å². The number of ether oxygens (including phenoxy) is 1. The number of aryl methyl sites for hydroxylation is 1. The lowest BCUT2D eigenvalue weighted by Crippen LogP contribution is -2.27. The molecule has 2 N–H and O–H groups in total. The van der Waals surface area contributed by atoms with Crippen molar-refractivity contribution in [1.82, 2.24) is 24.9 Å². The van der Waals surface area contributed by atoms with Crippen LogP contribution >= 0.6 is 0 Å². The summed E-state index contributed by atoms with van der Waals surface area (Å²) in [5.41, 5.74) is 9.81. The zero-order chi connectivity index (χ0) is 24.5. The maximum Gasteiger partial charge on any atom is 0.182 e. The summed E-state index contributed by atoms with van der Waals surface area (Å²) >= 11 is 0. The fourth-order valence-electron chi connectivity index (χ4n) is 3.91. The summed E-state index contributed by atoms with van der Waals surface area (Å²) in [6, 6.07) is 3.63. The molecule has 0 atom stereocenters. The van der Waals surface area contributed by atoms with E-state index in [1.54, 1.807) is 36.6 Å². The van der Waals surface area contributed by atoms with Crippen molar-refractivity contribution in [2.24, 2.45) is 0 Å². The number of allylic oxidation sites excluding steroid dienone is 5. The number of aromatic nitrogens is 5. The van der Waals surface area contributed by atoms with Crippen molar-refractivity contribution >= 4 is 11.5 Å². The first-order valence-electron chi connectivity index (χ1n) is 11.7. The standard InChI is InChI=1S/C25H30FN7O2/c1-2-3-4-7-19(17-26)8-5-11-33-22(20-9-14-35-31-20)16-21(30-33)25-28-18-23(24(27)29-25)32-10-6-13-34-15-12-32/h2-4,7,9,14,16,18H,1,5-6,8,10-13,15,17H2,(H2,27,28,29)/b4-3-,19-7-. The summed E-state index contributed by atoms with van der Waals surface area (Å²) in [5, 5.41) is 8.77. The summed E-state index contributed by atoms with van der Waals surface area (Å²) in [6.45, 7) is 6.67. The van der Waals surface area contributed by atoms with Crippen LogP contribution in [0.3, 0.4) is 0 Å². The molecule has 0 aromatic carbocycles. The van der Waals surface area contributed by atoms with E-state index in [1.807, 2.05) is 10.7 Å². The van der Waals surface area contributed by atoms with Crippen LogP contribution in [0.2, 0.25) is 0 Å². The Kier molecular flexibility index (Phi) is 8.39. The van der Waals surface area contributed by atoms with E-state index in [0.717, 1.165) is 37.5 Å². The molecule has 0 bridgehead atoms. The van der Waals surface area contributed by atoms with Crippen LogP contribution in [-0.2, 0) is 11.3 Å². The number of nitrogen functional groups attached to an aromatic ring is 1. The maximum absolute atomic E-state index is 13.4. The Hall–Kier alpha value is -3.79. The molecular formula is C25H30FN7O2. The molecule has 1 aliphatic heterocycles. The highest BCUT2D eigenvalue weighted by Gasteiger charge is 2.19. The van der Waals surface area contributed by atoms with E-state index in [4.69, 9.17) is 20.1 Å². The Morgan fingerprint density at radius 1 is 1.23 bits per heavy atom. The molecule has 35 heavy (non-hydrogen) atoms. The van der Waals surface area contributed by atoms with E-state index in [2.05, 4.69) is 26.6 Å². The minimum absolute atomic E-state index is 0.403. The fourth-order valence-corrected chi connectivity index (χ4v) is 3.91. The highest BCUT2D eigenvalue weighted by atomic mass is 19.1. The van der Waals surface area contributed by atoms with Gasteiger partial charge in [0.1, 0.15) is 24.3 Å². The Bertz CT molecular complexity index is 1160. The molecular weight excluding hydrogens is 449 g/mol. The molecule has 3 aromatic heterocycles. The first-order valence-corrected chi connectivity index (χ1v) is 11.7. The molecule has 4 heterocycles. The summed E-state index contributed by atoms with van der Waals surface area (Å²) < 4.78 is 25.7. The van der Waals surface area contributed by atoms with E-state index in [0.29, 0.717) is 54.6 Å². The molecule has 1 fully saturated rings. The number of anilines is 2.